The molecule has 2 aromatic carbocycles. The molecule has 0 unspecified atom stereocenters. The zero-order valence-corrected chi connectivity index (χ0v) is 18.1. The summed E-state index contributed by atoms with van der Waals surface area (Å²) in [6.45, 7) is 4.03. The smallest absolute Gasteiger partial charge is 0.338 e. The van der Waals surface area contributed by atoms with E-state index in [1.165, 1.54) is 22.7 Å². The van der Waals surface area contributed by atoms with Crippen molar-refractivity contribution in [1.29, 1.82) is 0 Å². The van der Waals surface area contributed by atoms with Gasteiger partial charge < -0.3 is 4.74 Å². The molecule has 29 heavy (non-hydrogen) atoms. The van der Waals surface area contributed by atoms with Crippen LogP contribution in [0.3, 0.4) is 0 Å². The molecule has 0 saturated heterocycles. The second kappa shape index (κ2) is 8.75. The molecular weight excluding hydrogens is 408 g/mol. The summed E-state index contributed by atoms with van der Waals surface area (Å²) in [5, 5.41) is 2.87. The molecule has 152 valence electrons. The Kier molecular flexibility index (Phi) is 6.34. The van der Waals surface area contributed by atoms with Crippen LogP contribution in [0.1, 0.15) is 33.5 Å². The van der Waals surface area contributed by atoms with Crippen LogP contribution in [0.5, 0.6) is 0 Å². The van der Waals surface area contributed by atoms with Crippen LogP contribution in [-0.2, 0) is 27.8 Å². The number of sulfonamides is 1. The third kappa shape index (κ3) is 4.83. The Morgan fingerprint density at radius 1 is 1.10 bits per heavy atom. The van der Waals surface area contributed by atoms with Gasteiger partial charge in [-0.1, -0.05) is 24.6 Å². The van der Waals surface area contributed by atoms with E-state index in [0.717, 1.165) is 22.7 Å². The fourth-order valence-corrected chi connectivity index (χ4v) is 4.54. The third-order valence-electron chi connectivity index (χ3n) is 4.40. The molecule has 0 aliphatic heterocycles. The first kappa shape index (κ1) is 21.0. The number of carbonyl (C=O) groups is 1. The van der Waals surface area contributed by atoms with Gasteiger partial charge in [0, 0.05) is 12.4 Å². The number of aromatic nitrogens is 1. The van der Waals surface area contributed by atoms with Crippen LogP contribution in [-0.4, -0.2) is 26.4 Å². The lowest BCUT2D eigenvalue weighted by Crippen LogP contribution is -2.26. The van der Waals surface area contributed by atoms with E-state index in [1.807, 2.05) is 19.2 Å². The van der Waals surface area contributed by atoms with Gasteiger partial charge in [0.05, 0.1) is 26.8 Å². The van der Waals surface area contributed by atoms with Crippen molar-refractivity contribution in [3.05, 3.63) is 75.7 Å². The molecule has 0 fully saturated rings. The van der Waals surface area contributed by atoms with Crippen molar-refractivity contribution in [3.8, 4) is 0 Å². The second-order valence-corrected chi connectivity index (χ2v) is 9.41. The van der Waals surface area contributed by atoms with Crippen molar-refractivity contribution in [2.24, 2.45) is 0 Å². The minimum Gasteiger partial charge on any atom is -0.456 e. The first-order valence-electron chi connectivity index (χ1n) is 9.07. The Morgan fingerprint density at radius 3 is 2.34 bits per heavy atom. The molecule has 0 saturated carbocycles. The zero-order chi connectivity index (χ0) is 21.0. The zero-order valence-electron chi connectivity index (χ0n) is 16.5. The number of benzene rings is 2. The Hall–Kier alpha value is -2.71. The maximum atomic E-state index is 12.8. The Morgan fingerprint density at radius 2 is 1.76 bits per heavy atom. The van der Waals surface area contributed by atoms with Gasteiger partial charge in [0.15, 0.2) is 0 Å². The van der Waals surface area contributed by atoms with E-state index in [2.05, 4.69) is 4.98 Å². The molecule has 1 heterocycles. The van der Waals surface area contributed by atoms with Crippen molar-refractivity contribution in [3.63, 3.8) is 0 Å². The molecule has 0 N–H and O–H groups in total. The summed E-state index contributed by atoms with van der Waals surface area (Å²) in [6.07, 6.45) is 0.846. The first-order chi connectivity index (χ1) is 13.8. The van der Waals surface area contributed by atoms with Crippen LogP contribution >= 0.6 is 11.3 Å². The lowest BCUT2D eigenvalue weighted by atomic mass is 10.2. The van der Waals surface area contributed by atoms with Crippen LogP contribution in [0.25, 0.3) is 0 Å². The van der Waals surface area contributed by atoms with Gasteiger partial charge in [-0.05, 0) is 49.7 Å². The summed E-state index contributed by atoms with van der Waals surface area (Å²) >= 11 is 1.54. The van der Waals surface area contributed by atoms with E-state index < -0.39 is 16.0 Å². The van der Waals surface area contributed by atoms with Gasteiger partial charge in [-0.3, -0.25) is 4.31 Å². The minimum atomic E-state index is -3.68. The summed E-state index contributed by atoms with van der Waals surface area (Å²) in [7, 11) is -2.20. The monoisotopic (exact) mass is 430 g/mol. The molecule has 0 spiro atoms. The van der Waals surface area contributed by atoms with E-state index in [0.29, 0.717) is 11.3 Å². The lowest BCUT2D eigenvalue weighted by molar-refractivity contribution is 0.0468. The number of anilines is 1. The largest absolute Gasteiger partial charge is 0.456 e. The number of thiazole rings is 1. The first-order valence-corrected chi connectivity index (χ1v) is 11.4. The normalized spacial score (nSPS) is 11.3. The highest BCUT2D eigenvalue weighted by atomic mass is 32.2. The SMILES string of the molecule is CCc1nc(COC(=O)c2ccc(N(C)S(=O)(=O)c3ccc(C)cc3)cc2)cs1. The van der Waals surface area contributed by atoms with Gasteiger partial charge in [-0.15, -0.1) is 11.3 Å². The minimum absolute atomic E-state index is 0.110. The highest BCUT2D eigenvalue weighted by Crippen LogP contribution is 2.23. The highest BCUT2D eigenvalue weighted by molar-refractivity contribution is 7.92. The van der Waals surface area contributed by atoms with Crippen molar-refractivity contribution in [1.82, 2.24) is 4.98 Å². The van der Waals surface area contributed by atoms with E-state index in [9.17, 15) is 13.2 Å². The van der Waals surface area contributed by atoms with E-state index in [1.54, 1.807) is 48.5 Å². The number of hydrogen-bond acceptors (Lipinski definition) is 6. The number of ether oxygens (including phenoxy) is 1. The van der Waals surface area contributed by atoms with Crippen LogP contribution in [0, 0.1) is 6.92 Å². The van der Waals surface area contributed by atoms with Crippen molar-refractivity contribution < 1.29 is 17.9 Å². The number of aryl methyl sites for hydroxylation is 2. The fourth-order valence-electron chi connectivity index (χ4n) is 2.61. The topological polar surface area (TPSA) is 76.6 Å². The Labute approximate surface area is 174 Å². The molecule has 8 heteroatoms. The predicted molar refractivity (Wildman–Crippen MR) is 114 cm³/mol. The van der Waals surface area contributed by atoms with Gasteiger partial charge in [0.1, 0.15) is 6.61 Å². The van der Waals surface area contributed by atoms with Gasteiger partial charge in [0.25, 0.3) is 10.0 Å². The Balaban J connectivity index is 1.68. The van der Waals surface area contributed by atoms with E-state index in [-0.39, 0.29) is 11.5 Å². The van der Waals surface area contributed by atoms with Crippen LogP contribution < -0.4 is 4.31 Å². The number of carbonyl (C=O) groups excluding carboxylic acids is 1. The van der Waals surface area contributed by atoms with Crippen LogP contribution in [0.4, 0.5) is 5.69 Å². The summed E-state index contributed by atoms with van der Waals surface area (Å²) in [6, 6.07) is 12.9. The molecule has 6 nitrogen and oxygen atoms in total. The molecular formula is C21H22N2O4S2. The van der Waals surface area contributed by atoms with Gasteiger partial charge in [-0.2, -0.15) is 0 Å². The average molecular weight is 431 g/mol. The fraction of sp³-hybridized carbons (Fsp3) is 0.238. The second-order valence-electron chi connectivity index (χ2n) is 6.49. The number of esters is 1. The van der Waals surface area contributed by atoms with Crippen LogP contribution in [0.15, 0.2) is 58.8 Å². The molecule has 0 amide bonds. The third-order valence-corrected chi connectivity index (χ3v) is 7.24. The molecule has 3 aromatic rings. The number of rotatable bonds is 7. The quantitative estimate of drug-likeness (QED) is 0.525. The van der Waals surface area contributed by atoms with Crippen LogP contribution in [0.2, 0.25) is 0 Å². The molecule has 0 atom stereocenters. The van der Waals surface area contributed by atoms with Gasteiger partial charge in [-0.25, -0.2) is 18.2 Å². The maximum absolute atomic E-state index is 12.8. The summed E-state index contributed by atoms with van der Waals surface area (Å²) < 4.78 is 32.0. The predicted octanol–water partition coefficient (Wildman–Crippen LogP) is 4.20. The van der Waals surface area contributed by atoms with E-state index in [4.69, 9.17) is 4.74 Å². The van der Waals surface area contributed by atoms with Crippen molar-refractivity contribution in [2.45, 2.75) is 31.8 Å². The molecule has 0 bridgehead atoms. The summed E-state index contributed by atoms with van der Waals surface area (Å²) in [4.78, 5) is 16.8. The van der Waals surface area contributed by atoms with E-state index >= 15 is 0 Å². The molecule has 3 rings (SSSR count). The molecule has 0 radical (unpaired) electrons. The van der Waals surface area contributed by atoms with Crippen molar-refractivity contribution in [2.75, 3.05) is 11.4 Å². The lowest BCUT2D eigenvalue weighted by Gasteiger charge is -2.19. The van der Waals surface area contributed by atoms with Crippen molar-refractivity contribution >= 4 is 33.0 Å². The Bertz CT molecular complexity index is 1090. The van der Waals surface area contributed by atoms with Gasteiger partial charge in [0.2, 0.25) is 0 Å². The number of nitrogens with zero attached hydrogens (tertiary/aromatic N) is 2. The summed E-state index contributed by atoms with van der Waals surface area (Å²) in [5.74, 6) is -0.480. The molecule has 0 aliphatic carbocycles. The molecule has 1 aromatic heterocycles. The maximum Gasteiger partial charge on any atom is 0.338 e. The number of hydrogen-bond donors (Lipinski definition) is 0. The summed E-state index contributed by atoms with van der Waals surface area (Å²) in [5.41, 5.74) is 2.51. The highest BCUT2D eigenvalue weighted by Gasteiger charge is 2.21. The standard InChI is InChI=1S/C21H22N2O4S2/c1-4-20-22-17(14-28-20)13-27-21(24)16-7-9-18(10-8-16)23(3)29(25,26)19-11-5-15(2)6-12-19/h5-12,14H,4,13H2,1-3H3. The van der Waals surface area contributed by atoms with Gasteiger partial charge >= 0.3 is 5.97 Å². The average Bonchev–Trinajstić information content (AvgIpc) is 3.20. The molecule has 0 aliphatic rings.